The molecule has 0 aliphatic rings. The first kappa shape index (κ1) is 13.5. The van der Waals surface area contributed by atoms with E-state index in [-0.39, 0.29) is 10.6 Å². The number of amides is 1. The van der Waals surface area contributed by atoms with Gasteiger partial charge in [-0.2, -0.15) is 0 Å². The second kappa shape index (κ2) is 6.22. The molecule has 1 aromatic carbocycles. The predicted molar refractivity (Wildman–Crippen MR) is 61.8 cm³/mol. The fraction of sp³-hybridized carbons (Fsp3) is 0.273. The lowest BCUT2D eigenvalue weighted by Gasteiger charge is -2.14. The molecule has 0 bridgehead atoms. The van der Waals surface area contributed by atoms with E-state index in [1.807, 2.05) is 0 Å². The molecule has 0 fully saturated rings. The Hall–Kier alpha value is -1.59. The number of ether oxygens (including phenoxy) is 1. The highest BCUT2D eigenvalue weighted by Crippen LogP contribution is 2.14. The minimum absolute atomic E-state index is 0.233. The maximum Gasteiger partial charge on any atom is 0.330 e. The molecule has 5 nitrogen and oxygen atoms in total. The van der Waals surface area contributed by atoms with Crippen LogP contribution in [0.5, 0.6) is 0 Å². The zero-order valence-corrected chi connectivity index (χ0v) is 9.90. The summed E-state index contributed by atoms with van der Waals surface area (Å²) in [6.07, 6.45) is 0. The van der Waals surface area contributed by atoms with Crippen LogP contribution in [0.4, 0.5) is 0 Å². The lowest BCUT2D eigenvalue weighted by molar-refractivity contribution is -0.143. The van der Waals surface area contributed by atoms with E-state index in [4.69, 9.17) is 16.7 Å². The zero-order chi connectivity index (χ0) is 12.8. The van der Waals surface area contributed by atoms with Gasteiger partial charge in [0.05, 0.1) is 24.3 Å². The molecule has 0 heterocycles. The molecule has 17 heavy (non-hydrogen) atoms. The van der Waals surface area contributed by atoms with Crippen LogP contribution in [0.15, 0.2) is 24.3 Å². The van der Waals surface area contributed by atoms with E-state index in [1.165, 1.54) is 13.2 Å². The molecule has 0 unspecified atom stereocenters. The Morgan fingerprint density at radius 2 is 2.12 bits per heavy atom. The van der Waals surface area contributed by atoms with Crippen molar-refractivity contribution in [3.8, 4) is 0 Å². The third-order valence-electron chi connectivity index (χ3n) is 2.09. The lowest BCUT2D eigenvalue weighted by Crippen LogP contribution is -2.44. The van der Waals surface area contributed by atoms with Crippen LogP contribution in [0.2, 0.25) is 5.02 Å². The molecule has 0 aliphatic heterocycles. The Bertz CT molecular complexity index is 422. The molecule has 0 aliphatic carbocycles. The van der Waals surface area contributed by atoms with E-state index in [0.717, 1.165) is 0 Å². The number of carbonyl (C=O) groups excluding carboxylic acids is 2. The highest BCUT2D eigenvalue weighted by molar-refractivity contribution is 6.33. The Morgan fingerprint density at radius 3 is 2.65 bits per heavy atom. The van der Waals surface area contributed by atoms with Crippen LogP contribution in [0.3, 0.4) is 0 Å². The fourth-order valence-corrected chi connectivity index (χ4v) is 1.42. The normalized spacial score (nSPS) is 11.7. The molecular formula is C11H12ClNO4. The number of carbonyl (C=O) groups is 2. The van der Waals surface area contributed by atoms with Crippen molar-refractivity contribution in [2.24, 2.45) is 0 Å². The van der Waals surface area contributed by atoms with Gasteiger partial charge in [-0.05, 0) is 12.1 Å². The van der Waals surface area contributed by atoms with Gasteiger partial charge in [-0.3, -0.25) is 4.79 Å². The first-order valence-corrected chi connectivity index (χ1v) is 5.22. The van der Waals surface area contributed by atoms with Gasteiger partial charge in [0.1, 0.15) is 0 Å². The average Bonchev–Trinajstić information content (AvgIpc) is 2.35. The lowest BCUT2D eigenvalue weighted by atomic mass is 10.2. The number of esters is 1. The molecule has 0 aromatic heterocycles. The average molecular weight is 258 g/mol. The van der Waals surface area contributed by atoms with E-state index < -0.39 is 24.5 Å². The first-order valence-electron chi connectivity index (χ1n) is 4.84. The van der Waals surface area contributed by atoms with Crippen LogP contribution in [0, 0.1) is 0 Å². The standard InChI is InChI=1S/C11H12ClNO4/c1-17-11(16)9(6-14)13-10(15)7-4-2-3-5-8(7)12/h2-5,9,14H,6H2,1H3,(H,13,15)/t9-/m0/s1. The number of halogens is 1. The molecule has 1 aromatic rings. The van der Waals surface area contributed by atoms with E-state index in [0.29, 0.717) is 0 Å². The van der Waals surface area contributed by atoms with Crippen molar-refractivity contribution >= 4 is 23.5 Å². The number of benzene rings is 1. The van der Waals surface area contributed by atoms with Gasteiger partial charge in [0, 0.05) is 0 Å². The van der Waals surface area contributed by atoms with E-state index in [1.54, 1.807) is 18.2 Å². The first-order chi connectivity index (χ1) is 8.10. The molecule has 0 saturated heterocycles. The highest BCUT2D eigenvalue weighted by atomic mass is 35.5. The van der Waals surface area contributed by atoms with Crippen LogP contribution < -0.4 is 5.32 Å². The number of nitrogens with one attached hydrogen (secondary N) is 1. The summed E-state index contributed by atoms with van der Waals surface area (Å²) in [4.78, 5) is 22.9. The Labute approximate surface area is 103 Å². The SMILES string of the molecule is COC(=O)[C@H](CO)NC(=O)c1ccccc1Cl. The van der Waals surface area contributed by atoms with Crippen molar-refractivity contribution in [1.82, 2.24) is 5.32 Å². The molecule has 0 spiro atoms. The minimum atomic E-state index is -1.09. The maximum absolute atomic E-state index is 11.7. The summed E-state index contributed by atoms with van der Waals surface area (Å²) < 4.78 is 4.42. The second-order valence-electron chi connectivity index (χ2n) is 3.21. The Balaban J connectivity index is 2.78. The van der Waals surface area contributed by atoms with Gasteiger partial charge < -0.3 is 15.2 Å². The third-order valence-corrected chi connectivity index (χ3v) is 2.42. The molecule has 2 N–H and O–H groups in total. The van der Waals surface area contributed by atoms with Gasteiger partial charge >= 0.3 is 5.97 Å². The van der Waals surface area contributed by atoms with Gasteiger partial charge in [0.25, 0.3) is 5.91 Å². The zero-order valence-electron chi connectivity index (χ0n) is 9.14. The van der Waals surface area contributed by atoms with Crippen LogP contribution in [-0.2, 0) is 9.53 Å². The van der Waals surface area contributed by atoms with Crippen molar-refractivity contribution in [2.75, 3.05) is 13.7 Å². The van der Waals surface area contributed by atoms with Gasteiger partial charge in [0.15, 0.2) is 6.04 Å². The van der Waals surface area contributed by atoms with Crippen molar-refractivity contribution < 1.29 is 19.4 Å². The van der Waals surface area contributed by atoms with Gasteiger partial charge in [-0.1, -0.05) is 23.7 Å². The maximum atomic E-state index is 11.7. The predicted octanol–water partition coefficient (Wildman–Crippen LogP) is 0.604. The highest BCUT2D eigenvalue weighted by Gasteiger charge is 2.21. The molecule has 1 rings (SSSR count). The topological polar surface area (TPSA) is 75.6 Å². The summed E-state index contributed by atoms with van der Waals surface area (Å²) in [5.74, 6) is -1.26. The van der Waals surface area contributed by atoms with Crippen molar-refractivity contribution in [3.05, 3.63) is 34.9 Å². The second-order valence-corrected chi connectivity index (χ2v) is 3.62. The van der Waals surface area contributed by atoms with Crippen molar-refractivity contribution in [3.63, 3.8) is 0 Å². The molecule has 0 saturated carbocycles. The molecular weight excluding hydrogens is 246 g/mol. The summed E-state index contributed by atoms with van der Waals surface area (Å²) in [7, 11) is 1.17. The summed E-state index contributed by atoms with van der Waals surface area (Å²) >= 11 is 5.82. The molecule has 6 heteroatoms. The van der Waals surface area contributed by atoms with Gasteiger partial charge in [-0.15, -0.1) is 0 Å². The van der Waals surface area contributed by atoms with E-state index in [9.17, 15) is 9.59 Å². The number of hydrogen-bond acceptors (Lipinski definition) is 4. The quantitative estimate of drug-likeness (QED) is 0.775. The summed E-state index contributed by atoms with van der Waals surface area (Å²) in [5.41, 5.74) is 0.233. The Morgan fingerprint density at radius 1 is 1.47 bits per heavy atom. The smallest absolute Gasteiger partial charge is 0.330 e. The number of methoxy groups -OCH3 is 1. The van der Waals surface area contributed by atoms with Crippen molar-refractivity contribution in [1.29, 1.82) is 0 Å². The van der Waals surface area contributed by atoms with Gasteiger partial charge in [-0.25, -0.2) is 4.79 Å². The number of rotatable bonds is 4. The van der Waals surface area contributed by atoms with E-state index in [2.05, 4.69) is 10.1 Å². The Kier molecular flexibility index (Phi) is 4.93. The van der Waals surface area contributed by atoms with E-state index >= 15 is 0 Å². The van der Waals surface area contributed by atoms with Crippen molar-refractivity contribution in [2.45, 2.75) is 6.04 Å². The van der Waals surface area contributed by atoms with Crippen LogP contribution in [0.25, 0.3) is 0 Å². The minimum Gasteiger partial charge on any atom is -0.467 e. The molecule has 1 atom stereocenters. The largest absolute Gasteiger partial charge is 0.467 e. The monoisotopic (exact) mass is 257 g/mol. The fourth-order valence-electron chi connectivity index (χ4n) is 1.20. The molecule has 0 radical (unpaired) electrons. The van der Waals surface area contributed by atoms with Crippen LogP contribution >= 0.6 is 11.6 Å². The summed E-state index contributed by atoms with van der Waals surface area (Å²) in [6, 6.07) is 5.31. The number of aliphatic hydroxyl groups excluding tert-OH is 1. The number of hydrogen-bond donors (Lipinski definition) is 2. The number of aliphatic hydroxyl groups is 1. The summed E-state index contributed by atoms with van der Waals surface area (Å²) in [5, 5.41) is 11.5. The third kappa shape index (κ3) is 3.44. The van der Waals surface area contributed by atoms with Gasteiger partial charge in [0.2, 0.25) is 0 Å². The molecule has 92 valence electrons. The molecule has 1 amide bonds. The summed E-state index contributed by atoms with van der Waals surface area (Å²) in [6.45, 7) is -0.539. The van der Waals surface area contributed by atoms with Crippen LogP contribution in [-0.4, -0.2) is 36.7 Å². The van der Waals surface area contributed by atoms with Crippen LogP contribution in [0.1, 0.15) is 10.4 Å².